The lowest BCUT2D eigenvalue weighted by atomic mass is 10.1. The van der Waals surface area contributed by atoms with Crippen LogP contribution in [0.5, 0.6) is 5.75 Å². The van der Waals surface area contributed by atoms with Crippen molar-refractivity contribution in [3.63, 3.8) is 0 Å². The maximum atomic E-state index is 12.3. The number of hydrogen-bond donors (Lipinski definition) is 1. The van der Waals surface area contributed by atoms with Gasteiger partial charge in [-0.2, -0.15) is 0 Å². The van der Waals surface area contributed by atoms with Crippen molar-refractivity contribution in [1.82, 2.24) is 10.2 Å². The van der Waals surface area contributed by atoms with Gasteiger partial charge in [-0.25, -0.2) is 0 Å². The molecular weight excluding hydrogens is 366 g/mol. The summed E-state index contributed by atoms with van der Waals surface area (Å²) in [5.41, 5.74) is 0.766. The van der Waals surface area contributed by atoms with Crippen molar-refractivity contribution in [3.05, 3.63) is 33.9 Å². The van der Waals surface area contributed by atoms with Crippen LogP contribution in [0.2, 0.25) is 0 Å². The van der Waals surface area contributed by atoms with Crippen molar-refractivity contribution in [2.24, 2.45) is 0 Å². The Morgan fingerprint density at radius 3 is 2.92 bits per heavy atom. The summed E-state index contributed by atoms with van der Waals surface area (Å²) in [4.78, 5) is 24.7. The first kappa shape index (κ1) is 21.5. The molecule has 1 fully saturated rings. The number of methoxy groups -OCH3 is 1. The van der Waals surface area contributed by atoms with E-state index in [1.807, 2.05) is 11.9 Å². The predicted molar refractivity (Wildman–Crippen MR) is 102 cm³/mol. The normalized spacial score (nSPS) is 16.9. The lowest BCUT2D eigenvalue weighted by Crippen LogP contribution is -2.47. The second-order valence-electron chi connectivity index (χ2n) is 5.72. The van der Waals surface area contributed by atoms with Crippen molar-refractivity contribution < 1.29 is 14.5 Å². The third-order valence-corrected chi connectivity index (χ3v) is 5.11. The molecule has 1 atom stereocenters. The molecule has 1 aromatic rings. The van der Waals surface area contributed by atoms with Gasteiger partial charge in [0.15, 0.2) is 5.75 Å². The first-order valence-electron chi connectivity index (χ1n) is 7.89. The van der Waals surface area contributed by atoms with E-state index in [9.17, 15) is 14.9 Å². The van der Waals surface area contributed by atoms with Crippen molar-refractivity contribution in [1.29, 1.82) is 0 Å². The lowest BCUT2D eigenvalue weighted by molar-refractivity contribution is -0.385. The van der Waals surface area contributed by atoms with Gasteiger partial charge in [-0.3, -0.25) is 14.9 Å². The molecule has 25 heavy (non-hydrogen) atoms. The molecular formula is C16H24ClN3O4S. The van der Waals surface area contributed by atoms with Crippen LogP contribution >= 0.6 is 24.2 Å². The van der Waals surface area contributed by atoms with Gasteiger partial charge in [0.2, 0.25) is 5.91 Å². The molecule has 7 nitrogen and oxygen atoms in total. The first-order valence-corrected chi connectivity index (χ1v) is 9.04. The molecule has 0 aromatic heterocycles. The number of carbonyl (C=O) groups excluding carboxylic acids is 1. The van der Waals surface area contributed by atoms with Crippen LogP contribution in [0, 0.1) is 10.1 Å². The molecule has 0 radical (unpaired) electrons. The maximum Gasteiger partial charge on any atom is 0.311 e. The number of amides is 1. The van der Waals surface area contributed by atoms with E-state index in [-0.39, 0.29) is 29.8 Å². The molecule has 2 rings (SSSR count). The van der Waals surface area contributed by atoms with E-state index in [1.165, 1.54) is 24.9 Å². The Kier molecular flexibility index (Phi) is 9.02. The Bertz CT molecular complexity index is 603. The summed E-state index contributed by atoms with van der Waals surface area (Å²) in [5, 5.41) is 14.3. The number of hydrogen-bond acceptors (Lipinski definition) is 6. The third kappa shape index (κ3) is 6.05. The molecule has 140 valence electrons. The summed E-state index contributed by atoms with van der Waals surface area (Å²) in [5.74, 6) is 1.31. The number of likely N-dealkylation sites (N-methyl/N-ethyl adjacent to an activating group) is 1. The van der Waals surface area contributed by atoms with Gasteiger partial charge >= 0.3 is 5.69 Å². The second-order valence-corrected chi connectivity index (χ2v) is 6.71. The fourth-order valence-corrected chi connectivity index (χ4v) is 3.63. The summed E-state index contributed by atoms with van der Waals surface area (Å²) < 4.78 is 4.99. The quantitative estimate of drug-likeness (QED) is 0.569. The van der Waals surface area contributed by atoms with Crippen molar-refractivity contribution >= 4 is 35.8 Å². The standard InChI is InChI=1S/C16H23N3O4S.ClH/c1-17-13-4-3-7-18(9-13)16(20)11-24-10-12-5-6-15(23-2)14(8-12)19(21)22;/h5-6,8,13,17H,3-4,7,9-11H2,1-2H3;1H. The summed E-state index contributed by atoms with van der Waals surface area (Å²) in [6, 6.07) is 5.27. The number of rotatable bonds is 7. The molecule has 0 spiro atoms. The number of benzene rings is 1. The van der Waals surface area contributed by atoms with Crippen LogP contribution in [0.1, 0.15) is 18.4 Å². The highest BCUT2D eigenvalue weighted by atomic mass is 35.5. The van der Waals surface area contributed by atoms with Gasteiger partial charge in [0.25, 0.3) is 0 Å². The van der Waals surface area contributed by atoms with Gasteiger partial charge in [-0.05, 0) is 31.5 Å². The highest BCUT2D eigenvalue weighted by Crippen LogP contribution is 2.29. The minimum atomic E-state index is -0.455. The van der Waals surface area contributed by atoms with Crippen LogP contribution in [-0.2, 0) is 10.5 Å². The van der Waals surface area contributed by atoms with Crippen LogP contribution in [-0.4, -0.2) is 54.8 Å². The molecule has 1 aromatic carbocycles. The molecule has 1 heterocycles. The number of nitro benzene ring substituents is 1. The zero-order valence-electron chi connectivity index (χ0n) is 14.4. The van der Waals surface area contributed by atoms with Gasteiger partial charge in [0, 0.05) is 31.0 Å². The maximum absolute atomic E-state index is 12.3. The fourth-order valence-electron chi connectivity index (χ4n) is 2.75. The molecule has 1 aliphatic rings. The van der Waals surface area contributed by atoms with Gasteiger partial charge in [-0.1, -0.05) is 6.07 Å². The van der Waals surface area contributed by atoms with Crippen molar-refractivity contribution in [3.8, 4) is 5.75 Å². The zero-order valence-corrected chi connectivity index (χ0v) is 16.0. The molecule has 0 aliphatic carbocycles. The van der Waals surface area contributed by atoms with E-state index in [0.29, 0.717) is 17.5 Å². The Balaban J connectivity index is 0.00000312. The molecule has 1 unspecified atom stereocenters. The second kappa shape index (κ2) is 10.5. The van der Waals surface area contributed by atoms with E-state index in [1.54, 1.807) is 12.1 Å². The topological polar surface area (TPSA) is 84.7 Å². The van der Waals surface area contributed by atoms with E-state index in [0.717, 1.165) is 31.5 Å². The number of ether oxygens (including phenoxy) is 1. The number of piperidine rings is 1. The predicted octanol–water partition coefficient (Wildman–Crippen LogP) is 2.47. The largest absolute Gasteiger partial charge is 0.490 e. The van der Waals surface area contributed by atoms with Crippen LogP contribution in [0.25, 0.3) is 0 Å². The van der Waals surface area contributed by atoms with E-state index < -0.39 is 4.92 Å². The molecule has 9 heteroatoms. The molecule has 1 amide bonds. The van der Waals surface area contributed by atoms with E-state index in [4.69, 9.17) is 4.74 Å². The highest BCUT2D eigenvalue weighted by molar-refractivity contribution is 7.99. The third-order valence-electron chi connectivity index (χ3n) is 4.12. The summed E-state index contributed by atoms with van der Waals surface area (Å²) in [6.45, 7) is 1.56. The smallest absolute Gasteiger partial charge is 0.311 e. The van der Waals surface area contributed by atoms with Gasteiger partial charge in [0.1, 0.15) is 0 Å². The SMILES string of the molecule is CNC1CCCN(C(=O)CSCc2ccc(OC)c([N+](=O)[O-])c2)C1.Cl. The van der Waals surface area contributed by atoms with Crippen molar-refractivity contribution in [2.45, 2.75) is 24.6 Å². The van der Waals surface area contributed by atoms with Crippen LogP contribution in [0.4, 0.5) is 5.69 Å². The van der Waals surface area contributed by atoms with E-state index >= 15 is 0 Å². The number of carbonyl (C=O) groups is 1. The Labute approximate surface area is 158 Å². The minimum Gasteiger partial charge on any atom is -0.490 e. The number of thioether (sulfide) groups is 1. The van der Waals surface area contributed by atoms with Crippen LogP contribution in [0.15, 0.2) is 18.2 Å². The molecule has 0 saturated carbocycles. The lowest BCUT2D eigenvalue weighted by Gasteiger charge is -2.32. The van der Waals surface area contributed by atoms with E-state index in [2.05, 4.69) is 5.32 Å². The monoisotopic (exact) mass is 389 g/mol. The van der Waals surface area contributed by atoms with Gasteiger partial charge in [0.05, 0.1) is 17.8 Å². The van der Waals surface area contributed by atoms with Crippen LogP contribution < -0.4 is 10.1 Å². The first-order chi connectivity index (χ1) is 11.5. The highest BCUT2D eigenvalue weighted by Gasteiger charge is 2.22. The van der Waals surface area contributed by atoms with Crippen molar-refractivity contribution in [2.75, 3.05) is 33.0 Å². The number of likely N-dealkylation sites (tertiary alicyclic amines) is 1. The summed E-state index contributed by atoms with van der Waals surface area (Å²) in [7, 11) is 3.33. The molecule has 1 saturated heterocycles. The fraction of sp³-hybridized carbons (Fsp3) is 0.562. The molecule has 1 N–H and O–H groups in total. The number of nitro groups is 1. The number of nitrogens with zero attached hydrogens (tertiary/aromatic N) is 2. The Hall–Kier alpha value is -1.51. The summed E-state index contributed by atoms with van der Waals surface area (Å²) >= 11 is 1.48. The average Bonchev–Trinajstić information content (AvgIpc) is 2.61. The summed E-state index contributed by atoms with van der Waals surface area (Å²) in [6.07, 6.45) is 2.12. The molecule has 1 aliphatic heterocycles. The Morgan fingerprint density at radius 1 is 1.52 bits per heavy atom. The average molecular weight is 390 g/mol. The molecule has 0 bridgehead atoms. The number of halogens is 1. The zero-order chi connectivity index (χ0) is 17.5. The number of nitrogens with one attached hydrogen (secondary N) is 1. The Morgan fingerprint density at radius 2 is 2.28 bits per heavy atom. The van der Waals surface area contributed by atoms with Crippen LogP contribution in [0.3, 0.4) is 0 Å². The minimum absolute atomic E-state index is 0. The van der Waals surface area contributed by atoms with Gasteiger partial charge < -0.3 is 15.0 Å². The van der Waals surface area contributed by atoms with Gasteiger partial charge in [-0.15, -0.1) is 24.2 Å².